The van der Waals surface area contributed by atoms with Crippen molar-refractivity contribution in [2.45, 2.75) is 27.2 Å². The molecule has 2 nitrogen and oxygen atoms in total. The van der Waals surface area contributed by atoms with Gasteiger partial charge in [-0.1, -0.05) is 13.8 Å². The van der Waals surface area contributed by atoms with Crippen molar-refractivity contribution in [2.24, 2.45) is 5.92 Å². The molecule has 3 heteroatoms. The van der Waals surface area contributed by atoms with E-state index >= 15 is 0 Å². The number of Topliss-reactive ketones (excluding diaryl/α,β-unsaturated/α-hetero) is 2. The molecule has 0 amide bonds. The van der Waals surface area contributed by atoms with E-state index in [2.05, 4.69) is 0 Å². The lowest BCUT2D eigenvalue weighted by atomic mass is 10.0. The van der Waals surface area contributed by atoms with Crippen molar-refractivity contribution in [1.82, 2.24) is 0 Å². The molecule has 1 rings (SSSR count). The van der Waals surface area contributed by atoms with Crippen LogP contribution in [-0.4, -0.2) is 11.6 Å². The summed E-state index contributed by atoms with van der Waals surface area (Å²) in [5.74, 6) is -0.106. The van der Waals surface area contributed by atoms with E-state index in [0.717, 1.165) is 4.88 Å². The molecule has 0 saturated heterocycles. The summed E-state index contributed by atoms with van der Waals surface area (Å²) in [4.78, 5) is 24.0. The first-order valence-electron chi connectivity index (χ1n) is 4.61. The van der Waals surface area contributed by atoms with Crippen molar-refractivity contribution < 1.29 is 9.59 Å². The third-order valence-electron chi connectivity index (χ3n) is 2.03. The normalized spacial score (nSPS) is 10.6. The average Bonchev–Trinajstić information content (AvgIpc) is 2.51. The molecule has 1 aromatic rings. The van der Waals surface area contributed by atoms with E-state index in [1.165, 1.54) is 11.3 Å². The molecule has 0 fully saturated rings. The van der Waals surface area contributed by atoms with E-state index in [0.29, 0.717) is 5.56 Å². The zero-order valence-corrected chi connectivity index (χ0v) is 9.48. The van der Waals surface area contributed by atoms with Crippen molar-refractivity contribution in [3.63, 3.8) is 0 Å². The second-order valence-corrected chi connectivity index (χ2v) is 4.78. The second-order valence-electron chi connectivity index (χ2n) is 3.67. The van der Waals surface area contributed by atoms with Gasteiger partial charge in [0, 0.05) is 21.7 Å². The summed E-state index contributed by atoms with van der Waals surface area (Å²) in [5.41, 5.74) is 0.668. The summed E-state index contributed by atoms with van der Waals surface area (Å²) in [6, 6.07) is 1.83. The molecule has 0 aliphatic heterocycles. The Labute approximate surface area is 87.9 Å². The molecule has 0 atom stereocenters. The van der Waals surface area contributed by atoms with Crippen LogP contribution in [0, 0.1) is 12.8 Å². The number of hydrogen-bond donors (Lipinski definition) is 0. The number of aryl methyl sites for hydroxylation is 1. The van der Waals surface area contributed by atoms with Crippen LogP contribution in [0.25, 0.3) is 0 Å². The molecule has 14 heavy (non-hydrogen) atoms. The minimum Gasteiger partial charge on any atom is -0.299 e. The first kappa shape index (κ1) is 11.1. The van der Waals surface area contributed by atoms with Gasteiger partial charge in [-0.2, -0.15) is 0 Å². The maximum atomic E-state index is 11.6. The van der Waals surface area contributed by atoms with E-state index < -0.39 is 0 Å². The molecule has 0 radical (unpaired) electrons. The third kappa shape index (κ3) is 2.77. The van der Waals surface area contributed by atoms with Gasteiger partial charge in [0.15, 0.2) is 5.78 Å². The second kappa shape index (κ2) is 4.51. The Kier molecular flexibility index (Phi) is 3.58. The third-order valence-corrected chi connectivity index (χ3v) is 2.89. The van der Waals surface area contributed by atoms with Crippen LogP contribution in [0.3, 0.4) is 0 Å². The minimum atomic E-state index is -0.0620. The smallest absolute Gasteiger partial charge is 0.171 e. The van der Waals surface area contributed by atoms with E-state index in [9.17, 15) is 9.59 Å². The molecule has 0 N–H and O–H groups in total. The Hall–Kier alpha value is -0.960. The van der Waals surface area contributed by atoms with Crippen LogP contribution in [-0.2, 0) is 4.79 Å². The van der Waals surface area contributed by atoms with Gasteiger partial charge in [0.1, 0.15) is 5.78 Å². The molecule has 0 aromatic carbocycles. The predicted molar refractivity (Wildman–Crippen MR) is 57.8 cm³/mol. The van der Waals surface area contributed by atoms with Crippen LogP contribution in [0.15, 0.2) is 11.4 Å². The summed E-state index contributed by atoms with van der Waals surface area (Å²) in [6.07, 6.45) is 0.0356. The molecule has 1 aromatic heterocycles. The van der Waals surface area contributed by atoms with Crippen LogP contribution >= 0.6 is 11.3 Å². The fourth-order valence-electron chi connectivity index (χ4n) is 1.05. The molecular weight excluding hydrogens is 196 g/mol. The molecule has 0 spiro atoms. The van der Waals surface area contributed by atoms with E-state index in [4.69, 9.17) is 0 Å². The topological polar surface area (TPSA) is 34.1 Å². The molecule has 0 saturated carbocycles. The number of thiophene rings is 1. The van der Waals surface area contributed by atoms with Crippen molar-refractivity contribution in [2.75, 3.05) is 0 Å². The van der Waals surface area contributed by atoms with E-state index in [-0.39, 0.29) is 23.9 Å². The maximum absolute atomic E-state index is 11.6. The molecule has 0 unspecified atom stereocenters. The summed E-state index contributed by atoms with van der Waals surface area (Å²) in [6.45, 7) is 5.58. The van der Waals surface area contributed by atoms with Gasteiger partial charge in [0.25, 0.3) is 0 Å². The highest BCUT2D eigenvalue weighted by molar-refractivity contribution is 7.10. The van der Waals surface area contributed by atoms with E-state index in [1.54, 1.807) is 0 Å². The molecule has 0 bridgehead atoms. The summed E-state index contributed by atoms with van der Waals surface area (Å²) >= 11 is 1.54. The first-order valence-corrected chi connectivity index (χ1v) is 5.49. The van der Waals surface area contributed by atoms with Gasteiger partial charge in [0.2, 0.25) is 0 Å². The van der Waals surface area contributed by atoms with Crippen LogP contribution < -0.4 is 0 Å². The highest BCUT2D eigenvalue weighted by atomic mass is 32.1. The van der Waals surface area contributed by atoms with Gasteiger partial charge >= 0.3 is 0 Å². The van der Waals surface area contributed by atoms with Crippen LogP contribution in [0.5, 0.6) is 0 Å². The fourth-order valence-corrected chi connectivity index (χ4v) is 1.76. The number of carbonyl (C=O) groups excluding carboxylic acids is 2. The number of carbonyl (C=O) groups is 2. The largest absolute Gasteiger partial charge is 0.299 e. The van der Waals surface area contributed by atoms with Crippen LogP contribution in [0.1, 0.15) is 35.5 Å². The van der Waals surface area contributed by atoms with Crippen LogP contribution in [0.4, 0.5) is 0 Å². The molecular formula is C11H14O2S. The first-order chi connectivity index (χ1) is 6.50. The van der Waals surface area contributed by atoms with Gasteiger partial charge in [-0.15, -0.1) is 11.3 Å². The van der Waals surface area contributed by atoms with Crippen LogP contribution in [0.2, 0.25) is 0 Å². The lowest BCUT2D eigenvalue weighted by molar-refractivity contribution is -0.121. The lowest BCUT2D eigenvalue weighted by Crippen LogP contribution is -2.12. The zero-order chi connectivity index (χ0) is 10.7. The van der Waals surface area contributed by atoms with Crippen molar-refractivity contribution in [3.05, 3.63) is 21.9 Å². The average molecular weight is 210 g/mol. The Balaban J connectivity index is 2.64. The number of ketones is 2. The SMILES string of the molecule is Cc1cc(C(=O)CC(=O)C(C)C)cs1. The highest BCUT2D eigenvalue weighted by Crippen LogP contribution is 2.15. The Morgan fingerprint density at radius 3 is 2.50 bits per heavy atom. The molecule has 0 aliphatic rings. The van der Waals surface area contributed by atoms with Gasteiger partial charge in [-0.05, 0) is 13.0 Å². The minimum absolute atomic E-state index is 0.0128. The lowest BCUT2D eigenvalue weighted by Gasteiger charge is -2.01. The standard InChI is InChI=1S/C11H14O2S/c1-7(2)10(12)5-11(13)9-4-8(3)14-6-9/h4,6-7H,5H2,1-3H3. The maximum Gasteiger partial charge on any atom is 0.171 e. The predicted octanol–water partition coefficient (Wildman–Crippen LogP) is 2.85. The molecule has 76 valence electrons. The van der Waals surface area contributed by atoms with Gasteiger partial charge in [-0.25, -0.2) is 0 Å². The molecule has 1 heterocycles. The fraction of sp³-hybridized carbons (Fsp3) is 0.455. The van der Waals surface area contributed by atoms with Crippen molar-refractivity contribution in [1.29, 1.82) is 0 Å². The van der Waals surface area contributed by atoms with E-state index in [1.807, 2.05) is 32.2 Å². The zero-order valence-electron chi connectivity index (χ0n) is 8.66. The number of hydrogen-bond acceptors (Lipinski definition) is 3. The highest BCUT2D eigenvalue weighted by Gasteiger charge is 2.15. The Morgan fingerprint density at radius 2 is 2.07 bits per heavy atom. The quantitative estimate of drug-likeness (QED) is 0.565. The summed E-state index contributed by atoms with van der Waals surface area (Å²) in [5, 5.41) is 1.81. The van der Waals surface area contributed by atoms with Crippen molar-refractivity contribution >= 4 is 22.9 Å². The summed E-state index contributed by atoms with van der Waals surface area (Å²) in [7, 11) is 0. The monoisotopic (exact) mass is 210 g/mol. The molecule has 0 aliphatic carbocycles. The van der Waals surface area contributed by atoms with Gasteiger partial charge in [-0.3, -0.25) is 9.59 Å². The number of rotatable bonds is 4. The Morgan fingerprint density at radius 1 is 1.43 bits per heavy atom. The van der Waals surface area contributed by atoms with Gasteiger partial charge < -0.3 is 0 Å². The Bertz CT molecular complexity index is 350. The van der Waals surface area contributed by atoms with Crippen molar-refractivity contribution in [3.8, 4) is 0 Å². The summed E-state index contributed by atoms with van der Waals surface area (Å²) < 4.78 is 0. The van der Waals surface area contributed by atoms with Gasteiger partial charge in [0.05, 0.1) is 6.42 Å².